The predicted molar refractivity (Wildman–Crippen MR) is 115 cm³/mol. The SMILES string of the molecule is COc1ccc(-c2cn3c4ccccc4nc3n2CCCN2CCOCC2)cc1. The van der Waals surface area contributed by atoms with E-state index < -0.39 is 0 Å². The zero-order chi connectivity index (χ0) is 19.6. The number of aromatic nitrogens is 3. The van der Waals surface area contributed by atoms with Crippen molar-refractivity contribution in [2.45, 2.75) is 13.0 Å². The van der Waals surface area contributed by atoms with Gasteiger partial charge in [0.1, 0.15) is 5.75 Å². The summed E-state index contributed by atoms with van der Waals surface area (Å²) >= 11 is 0. The number of hydrogen-bond donors (Lipinski definition) is 0. The quantitative estimate of drug-likeness (QED) is 0.504. The average molecular weight is 390 g/mol. The van der Waals surface area contributed by atoms with Gasteiger partial charge in [-0.3, -0.25) is 9.30 Å². The first-order valence-electron chi connectivity index (χ1n) is 10.2. The van der Waals surface area contributed by atoms with Crippen molar-refractivity contribution in [2.24, 2.45) is 0 Å². The molecule has 1 saturated heterocycles. The van der Waals surface area contributed by atoms with Gasteiger partial charge < -0.3 is 14.0 Å². The van der Waals surface area contributed by atoms with Crippen LogP contribution in [-0.2, 0) is 11.3 Å². The van der Waals surface area contributed by atoms with Gasteiger partial charge in [-0.15, -0.1) is 0 Å². The van der Waals surface area contributed by atoms with Gasteiger partial charge >= 0.3 is 0 Å². The second-order valence-electron chi connectivity index (χ2n) is 7.47. The van der Waals surface area contributed by atoms with E-state index in [-0.39, 0.29) is 0 Å². The highest BCUT2D eigenvalue weighted by molar-refractivity contribution is 5.81. The van der Waals surface area contributed by atoms with Crippen molar-refractivity contribution in [1.82, 2.24) is 18.9 Å². The molecule has 4 aromatic rings. The van der Waals surface area contributed by atoms with E-state index in [9.17, 15) is 0 Å². The summed E-state index contributed by atoms with van der Waals surface area (Å²) in [6.07, 6.45) is 3.29. The summed E-state index contributed by atoms with van der Waals surface area (Å²) in [7, 11) is 1.70. The van der Waals surface area contributed by atoms with Crippen LogP contribution < -0.4 is 4.74 Å². The number of aryl methyl sites for hydroxylation is 1. The Bertz CT molecular complexity index is 1110. The lowest BCUT2D eigenvalue weighted by atomic mass is 10.1. The third-order valence-corrected chi connectivity index (χ3v) is 5.71. The van der Waals surface area contributed by atoms with Crippen LogP contribution in [0.15, 0.2) is 54.7 Å². The standard InChI is InChI=1S/C23H26N4O2/c1-28-19-9-7-18(8-10-19)22-17-27-21-6-3-2-5-20(21)24-23(27)26(22)12-4-11-25-13-15-29-16-14-25/h2-3,5-10,17H,4,11-16H2,1H3. The van der Waals surface area contributed by atoms with Gasteiger partial charge in [-0.25, -0.2) is 4.98 Å². The van der Waals surface area contributed by atoms with Gasteiger partial charge in [0.05, 0.1) is 37.1 Å². The van der Waals surface area contributed by atoms with Crippen molar-refractivity contribution >= 4 is 16.8 Å². The second kappa shape index (κ2) is 7.89. The van der Waals surface area contributed by atoms with Crippen LogP contribution >= 0.6 is 0 Å². The van der Waals surface area contributed by atoms with E-state index in [0.717, 1.165) is 68.4 Å². The number of nitrogens with zero attached hydrogens (tertiary/aromatic N) is 4. The summed E-state index contributed by atoms with van der Waals surface area (Å²) in [5, 5.41) is 0. The van der Waals surface area contributed by atoms with E-state index in [0.29, 0.717) is 0 Å². The molecule has 1 fully saturated rings. The Kier molecular flexibility index (Phi) is 4.96. The largest absolute Gasteiger partial charge is 0.497 e. The fourth-order valence-electron chi connectivity index (χ4n) is 4.14. The van der Waals surface area contributed by atoms with Gasteiger partial charge in [-0.1, -0.05) is 12.1 Å². The summed E-state index contributed by atoms with van der Waals surface area (Å²) in [6.45, 7) is 5.75. The molecule has 0 saturated carbocycles. The number of rotatable bonds is 6. The number of para-hydroxylation sites is 2. The van der Waals surface area contributed by atoms with Crippen molar-refractivity contribution < 1.29 is 9.47 Å². The Morgan fingerprint density at radius 1 is 1.00 bits per heavy atom. The van der Waals surface area contributed by atoms with Crippen molar-refractivity contribution in [3.63, 3.8) is 0 Å². The van der Waals surface area contributed by atoms with Crippen LogP contribution in [0.3, 0.4) is 0 Å². The molecule has 5 rings (SSSR count). The molecule has 2 aromatic carbocycles. The maximum absolute atomic E-state index is 5.47. The van der Waals surface area contributed by atoms with Crippen LogP contribution in [0.1, 0.15) is 6.42 Å². The van der Waals surface area contributed by atoms with Crippen LogP contribution in [0, 0.1) is 0 Å². The summed E-state index contributed by atoms with van der Waals surface area (Å²) < 4.78 is 15.4. The molecule has 29 heavy (non-hydrogen) atoms. The number of benzene rings is 2. The Morgan fingerprint density at radius 2 is 1.79 bits per heavy atom. The van der Waals surface area contributed by atoms with Gasteiger partial charge in [0.2, 0.25) is 5.78 Å². The van der Waals surface area contributed by atoms with Gasteiger partial charge in [0.15, 0.2) is 0 Å². The number of morpholine rings is 1. The summed E-state index contributed by atoms with van der Waals surface area (Å²) in [5.41, 5.74) is 4.53. The molecular formula is C23H26N4O2. The predicted octanol–water partition coefficient (Wildman–Crippen LogP) is 3.69. The highest BCUT2D eigenvalue weighted by Crippen LogP contribution is 2.28. The van der Waals surface area contributed by atoms with Gasteiger partial charge in [-0.2, -0.15) is 0 Å². The molecule has 1 aliphatic heterocycles. The van der Waals surface area contributed by atoms with E-state index >= 15 is 0 Å². The smallest absolute Gasteiger partial charge is 0.215 e. The number of methoxy groups -OCH3 is 1. The maximum atomic E-state index is 5.47. The Morgan fingerprint density at radius 3 is 2.59 bits per heavy atom. The van der Waals surface area contributed by atoms with E-state index in [2.05, 4.69) is 50.4 Å². The first-order chi connectivity index (χ1) is 14.3. The van der Waals surface area contributed by atoms with Crippen LogP contribution in [-0.4, -0.2) is 58.8 Å². The number of ether oxygens (including phenoxy) is 2. The lowest BCUT2D eigenvalue weighted by Gasteiger charge is -2.26. The van der Waals surface area contributed by atoms with E-state index in [1.165, 1.54) is 11.3 Å². The minimum Gasteiger partial charge on any atom is -0.497 e. The molecule has 6 heteroatoms. The molecule has 2 aromatic heterocycles. The minimum atomic E-state index is 0.844. The lowest BCUT2D eigenvalue weighted by molar-refractivity contribution is 0.0370. The Labute approximate surface area is 170 Å². The van der Waals surface area contributed by atoms with Crippen LogP contribution in [0.25, 0.3) is 28.1 Å². The molecule has 0 N–H and O–H groups in total. The zero-order valence-electron chi connectivity index (χ0n) is 16.8. The fraction of sp³-hybridized carbons (Fsp3) is 0.348. The monoisotopic (exact) mass is 390 g/mol. The highest BCUT2D eigenvalue weighted by Gasteiger charge is 2.16. The van der Waals surface area contributed by atoms with Gasteiger partial charge in [0, 0.05) is 37.9 Å². The van der Waals surface area contributed by atoms with Crippen molar-refractivity contribution in [3.8, 4) is 17.0 Å². The normalized spacial score (nSPS) is 15.3. The molecule has 0 bridgehead atoms. The summed E-state index contributed by atoms with van der Waals surface area (Å²) in [4.78, 5) is 7.41. The number of imidazole rings is 2. The third-order valence-electron chi connectivity index (χ3n) is 5.71. The van der Waals surface area contributed by atoms with Crippen molar-refractivity contribution in [1.29, 1.82) is 0 Å². The van der Waals surface area contributed by atoms with Crippen molar-refractivity contribution in [3.05, 3.63) is 54.7 Å². The minimum absolute atomic E-state index is 0.844. The van der Waals surface area contributed by atoms with Gasteiger partial charge in [0.25, 0.3) is 0 Å². The first kappa shape index (κ1) is 18.2. The molecule has 0 radical (unpaired) electrons. The fourth-order valence-corrected chi connectivity index (χ4v) is 4.14. The third kappa shape index (κ3) is 3.50. The van der Waals surface area contributed by atoms with E-state index in [1.807, 2.05) is 18.2 Å². The summed E-state index contributed by atoms with van der Waals surface area (Å²) in [6, 6.07) is 16.6. The topological polar surface area (TPSA) is 43.9 Å². The van der Waals surface area contributed by atoms with E-state index in [4.69, 9.17) is 14.5 Å². The molecule has 0 spiro atoms. The van der Waals surface area contributed by atoms with Crippen molar-refractivity contribution in [2.75, 3.05) is 40.0 Å². The zero-order valence-corrected chi connectivity index (χ0v) is 16.8. The summed E-state index contributed by atoms with van der Waals surface area (Å²) in [5.74, 6) is 1.87. The molecule has 3 heterocycles. The van der Waals surface area contributed by atoms with Gasteiger partial charge in [-0.05, 0) is 42.8 Å². The average Bonchev–Trinajstić information content (AvgIpc) is 3.31. The number of hydrogen-bond acceptors (Lipinski definition) is 4. The van der Waals surface area contributed by atoms with E-state index in [1.54, 1.807) is 7.11 Å². The maximum Gasteiger partial charge on any atom is 0.215 e. The molecule has 0 aliphatic carbocycles. The molecule has 6 nitrogen and oxygen atoms in total. The Balaban J connectivity index is 1.50. The van der Waals surface area contributed by atoms with Crippen LogP contribution in [0.2, 0.25) is 0 Å². The van der Waals surface area contributed by atoms with Crippen LogP contribution in [0.5, 0.6) is 5.75 Å². The molecule has 1 aliphatic rings. The lowest BCUT2D eigenvalue weighted by Crippen LogP contribution is -2.37. The molecule has 0 unspecified atom stereocenters. The highest BCUT2D eigenvalue weighted by atomic mass is 16.5. The molecule has 0 atom stereocenters. The number of fused-ring (bicyclic) bond motifs is 3. The molecule has 150 valence electrons. The second-order valence-corrected chi connectivity index (χ2v) is 7.47. The Hall–Kier alpha value is -2.83. The first-order valence-corrected chi connectivity index (χ1v) is 10.2. The van der Waals surface area contributed by atoms with Crippen LogP contribution in [0.4, 0.5) is 0 Å². The molecular weight excluding hydrogens is 364 g/mol. The molecule has 0 amide bonds.